The molecule has 0 spiro atoms. The van der Waals surface area contributed by atoms with Crippen LogP contribution in [0.1, 0.15) is 0 Å². The molecule has 0 aromatic carbocycles. The first-order chi connectivity index (χ1) is 11.4. The molecule has 7 nitrogen and oxygen atoms in total. The molecular formula is C14H8N6OS2. The van der Waals surface area contributed by atoms with Crippen molar-refractivity contribution in [3.63, 3.8) is 0 Å². The van der Waals surface area contributed by atoms with Crippen molar-refractivity contribution in [1.29, 1.82) is 0 Å². The molecule has 0 saturated carbocycles. The van der Waals surface area contributed by atoms with E-state index in [1.54, 1.807) is 24.8 Å². The summed E-state index contributed by atoms with van der Waals surface area (Å²) in [5, 5.41) is 0. The van der Waals surface area contributed by atoms with Crippen LogP contribution in [0.5, 0.6) is 11.8 Å². The summed E-state index contributed by atoms with van der Waals surface area (Å²) in [4.78, 5) is 8.18. The number of aromatic nitrogens is 6. The van der Waals surface area contributed by atoms with Crippen molar-refractivity contribution in [1.82, 2.24) is 27.5 Å². The van der Waals surface area contributed by atoms with Crippen molar-refractivity contribution >= 4 is 23.5 Å². The molecule has 0 bridgehead atoms. The molecule has 23 heavy (non-hydrogen) atoms. The second-order valence-corrected chi connectivity index (χ2v) is 5.48. The maximum Gasteiger partial charge on any atom is 0.261 e. The zero-order chi connectivity index (χ0) is 15.5. The van der Waals surface area contributed by atoms with Gasteiger partial charge in [0, 0.05) is 35.9 Å². The van der Waals surface area contributed by atoms with Crippen molar-refractivity contribution in [2.75, 3.05) is 0 Å². The summed E-state index contributed by atoms with van der Waals surface area (Å²) < 4.78 is 22.8. The monoisotopic (exact) mass is 340 g/mol. The average Bonchev–Trinajstić information content (AvgIpc) is 3.26. The average molecular weight is 340 g/mol. The highest BCUT2D eigenvalue weighted by molar-refractivity contribution is 6.99. The Kier molecular flexibility index (Phi) is 3.70. The Bertz CT molecular complexity index is 833. The molecule has 0 N–H and O–H groups in total. The number of ether oxygens (including phenoxy) is 1. The van der Waals surface area contributed by atoms with Crippen LogP contribution >= 0.6 is 23.5 Å². The molecule has 0 unspecified atom stereocenters. The third-order valence-corrected chi connectivity index (χ3v) is 4.00. The Morgan fingerprint density at radius 1 is 0.696 bits per heavy atom. The number of rotatable bonds is 4. The van der Waals surface area contributed by atoms with Crippen molar-refractivity contribution in [3.8, 4) is 34.3 Å². The maximum absolute atomic E-state index is 5.85. The highest BCUT2D eigenvalue weighted by Crippen LogP contribution is 2.34. The topological polar surface area (TPSA) is 86.6 Å². The maximum atomic E-state index is 5.85. The van der Waals surface area contributed by atoms with Crippen LogP contribution in [-0.2, 0) is 0 Å². The van der Waals surface area contributed by atoms with E-state index in [1.165, 1.54) is 0 Å². The Balaban J connectivity index is 1.69. The van der Waals surface area contributed by atoms with Gasteiger partial charge in [0.15, 0.2) is 0 Å². The SMILES string of the molecule is c1cncc(-c2nsnc2Oc2nsnc2-c2cccnc2)c1. The van der Waals surface area contributed by atoms with E-state index < -0.39 is 0 Å². The first-order valence-corrected chi connectivity index (χ1v) is 8.01. The van der Waals surface area contributed by atoms with Crippen LogP contribution in [0.3, 0.4) is 0 Å². The first-order valence-electron chi connectivity index (χ1n) is 6.55. The molecule has 9 heteroatoms. The van der Waals surface area contributed by atoms with Crippen molar-refractivity contribution in [2.45, 2.75) is 0 Å². The molecule has 0 aliphatic rings. The highest BCUT2D eigenvalue weighted by Gasteiger charge is 2.18. The Morgan fingerprint density at radius 3 is 1.65 bits per heavy atom. The molecule has 0 fully saturated rings. The van der Waals surface area contributed by atoms with Crippen LogP contribution in [0.15, 0.2) is 49.1 Å². The first kappa shape index (κ1) is 13.9. The molecule has 0 radical (unpaired) electrons. The Morgan fingerprint density at radius 2 is 1.22 bits per heavy atom. The molecule has 4 aromatic heterocycles. The van der Waals surface area contributed by atoms with Gasteiger partial charge in [0.25, 0.3) is 11.8 Å². The Hall–Kier alpha value is -2.78. The molecular weight excluding hydrogens is 332 g/mol. The van der Waals surface area contributed by atoms with E-state index in [9.17, 15) is 0 Å². The summed E-state index contributed by atoms with van der Waals surface area (Å²) >= 11 is 2.15. The van der Waals surface area contributed by atoms with Crippen LogP contribution in [-0.4, -0.2) is 27.5 Å². The van der Waals surface area contributed by atoms with Crippen molar-refractivity contribution < 1.29 is 4.74 Å². The lowest BCUT2D eigenvalue weighted by Gasteiger charge is -2.03. The fourth-order valence-corrected chi connectivity index (χ4v) is 2.95. The molecule has 4 heterocycles. The summed E-state index contributed by atoms with van der Waals surface area (Å²) in [6, 6.07) is 7.48. The fraction of sp³-hybridized carbons (Fsp3) is 0. The van der Waals surface area contributed by atoms with Gasteiger partial charge >= 0.3 is 0 Å². The van der Waals surface area contributed by atoms with Gasteiger partial charge in [-0.1, -0.05) is 0 Å². The lowest BCUT2D eigenvalue weighted by atomic mass is 10.2. The van der Waals surface area contributed by atoms with Crippen LogP contribution in [0.4, 0.5) is 0 Å². The molecule has 4 rings (SSSR count). The van der Waals surface area contributed by atoms with Crippen LogP contribution in [0.2, 0.25) is 0 Å². The summed E-state index contributed by atoms with van der Waals surface area (Å²) in [6.45, 7) is 0. The van der Waals surface area contributed by atoms with Crippen molar-refractivity contribution in [3.05, 3.63) is 49.1 Å². The van der Waals surface area contributed by atoms with Gasteiger partial charge in [-0.25, -0.2) is 0 Å². The molecule has 0 atom stereocenters. The molecule has 112 valence electrons. The van der Waals surface area contributed by atoms with E-state index in [1.807, 2.05) is 24.3 Å². The van der Waals surface area contributed by atoms with Gasteiger partial charge in [0.05, 0.1) is 23.5 Å². The summed E-state index contributed by atoms with van der Waals surface area (Å²) in [5.41, 5.74) is 2.94. The van der Waals surface area contributed by atoms with Gasteiger partial charge in [-0.3, -0.25) is 9.97 Å². The third-order valence-electron chi connectivity index (χ3n) is 2.98. The van der Waals surface area contributed by atoms with E-state index in [-0.39, 0.29) is 0 Å². The third kappa shape index (κ3) is 2.79. The van der Waals surface area contributed by atoms with E-state index >= 15 is 0 Å². The summed E-state index contributed by atoms with van der Waals surface area (Å²) in [5.74, 6) is 0.779. The van der Waals surface area contributed by atoms with Gasteiger partial charge < -0.3 is 4.74 Å². The number of hydrogen-bond acceptors (Lipinski definition) is 9. The predicted molar refractivity (Wildman–Crippen MR) is 86.4 cm³/mol. The van der Waals surface area contributed by atoms with E-state index in [2.05, 4.69) is 27.5 Å². The quantitative estimate of drug-likeness (QED) is 0.563. The lowest BCUT2D eigenvalue weighted by molar-refractivity contribution is 0.457. The van der Waals surface area contributed by atoms with Crippen LogP contribution < -0.4 is 4.74 Å². The van der Waals surface area contributed by atoms with Gasteiger partial charge in [-0.15, -0.1) is 8.75 Å². The standard InChI is InChI=1S/C14H8N6OS2/c1-3-9(7-15-5-1)11-13(19-22-17-11)21-14-12(18-23-20-14)10-4-2-6-16-8-10/h1-8H. The summed E-state index contributed by atoms with van der Waals surface area (Å²) in [6.07, 6.45) is 6.83. The summed E-state index contributed by atoms with van der Waals surface area (Å²) in [7, 11) is 0. The minimum atomic E-state index is 0.390. The normalized spacial score (nSPS) is 10.6. The highest BCUT2D eigenvalue weighted by atomic mass is 32.1. The van der Waals surface area contributed by atoms with E-state index in [4.69, 9.17) is 4.74 Å². The number of pyridine rings is 2. The predicted octanol–water partition coefficient (Wildman–Crippen LogP) is 3.31. The molecule has 0 aliphatic heterocycles. The van der Waals surface area contributed by atoms with E-state index in [0.717, 1.165) is 34.6 Å². The Labute approximate surface area is 139 Å². The van der Waals surface area contributed by atoms with Crippen LogP contribution in [0.25, 0.3) is 22.5 Å². The zero-order valence-corrected chi connectivity index (χ0v) is 13.2. The van der Waals surface area contributed by atoms with E-state index in [0.29, 0.717) is 23.1 Å². The largest absolute Gasteiger partial charge is 0.414 e. The molecule has 0 aliphatic carbocycles. The zero-order valence-electron chi connectivity index (χ0n) is 11.5. The second kappa shape index (κ2) is 6.15. The fourth-order valence-electron chi connectivity index (χ4n) is 1.94. The molecule has 0 amide bonds. The minimum Gasteiger partial charge on any atom is -0.414 e. The van der Waals surface area contributed by atoms with Gasteiger partial charge in [-0.05, 0) is 24.3 Å². The lowest BCUT2D eigenvalue weighted by Crippen LogP contribution is -1.91. The number of nitrogens with zero attached hydrogens (tertiary/aromatic N) is 6. The minimum absolute atomic E-state index is 0.390. The van der Waals surface area contributed by atoms with Crippen molar-refractivity contribution in [2.24, 2.45) is 0 Å². The molecule has 0 saturated heterocycles. The second-order valence-electron chi connectivity index (χ2n) is 4.42. The van der Waals surface area contributed by atoms with Gasteiger partial charge in [0.2, 0.25) is 0 Å². The molecule has 4 aromatic rings. The van der Waals surface area contributed by atoms with Gasteiger partial charge in [-0.2, -0.15) is 8.75 Å². The van der Waals surface area contributed by atoms with Gasteiger partial charge in [0.1, 0.15) is 11.4 Å². The smallest absolute Gasteiger partial charge is 0.261 e. The number of hydrogen-bond donors (Lipinski definition) is 0. The van der Waals surface area contributed by atoms with Crippen LogP contribution in [0, 0.1) is 0 Å².